The smallest absolute Gasteiger partial charge is 0.118 e. The Kier molecular flexibility index (Phi) is 4.82. The van der Waals surface area contributed by atoms with Crippen molar-refractivity contribution in [3.63, 3.8) is 0 Å². The molecule has 2 aromatic heterocycles. The summed E-state index contributed by atoms with van der Waals surface area (Å²) in [6.45, 7) is 6.79. The number of nitrogens with zero attached hydrogens (tertiary/aromatic N) is 1. The number of rotatable bonds is 7. The van der Waals surface area contributed by atoms with Gasteiger partial charge in [-0.3, -0.25) is 4.90 Å². The quantitative estimate of drug-likeness (QED) is 0.833. The Hall–Kier alpha value is -1.52. The highest BCUT2D eigenvalue weighted by molar-refractivity contribution is 5.13. The Balaban J connectivity index is 1.82. The van der Waals surface area contributed by atoms with Gasteiger partial charge in [-0.1, -0.05) is 13.8 Å². The van der Waals surface area contributed by atoms with Crippen molar-refractivity contribution in [1.29, 1.82) is 0 Å². The number of furan rings is 2. The van der Waals surface area contributed by atoms with Gasteiger partial charge in [-0.25, -0.2) is 0 Å². The van der Waals surface area contributed by atoms with E-state index >= 15 is 0 Å². The highest BCUT2D eigenvalue weighted by atomic mass is 16.3. The van der Waals surface area contributed by atoms with E-state index in [4.69, 9.17) is 8.83 Å². The average Bonchev–Trinajstić information content (AvgIpc) is 2.98. The topological polar surface area (TPSA) is 41.6 Å². The van der Waals surface area contributed by atoms with E-state index in [1.807, 2.05) is 12.3 Å². The molecule has 0 spiro atoms. The van der Waals surface area contributed by atoms with Gasteiger partial charge >= 0.3 is 0 Å². The van der Waals surface area contributed by atoms with E-state index in [1.54, 1.807) is 12.5 Å². The predicted octanol–water partition coefficient (Wildman–Crippen LogP) is 3.00. The summed E-state index contributed by atoms with van der Waals surface area (Å²) in [6.07, 6.45) is 5.30. The van der Waals surface area contributed by atoms with Crippen molar-refractivity contribution in [2.45, 2.75) is 39.5 Å². The van der Waals surface area contributed by atoms with Crippen molar-refractivity contribution in [3.8, 4) is 0 Å². The van der Waals surface area contributed by atoms with E-state index in [1.165, 1.54) is 11.1 Å². The van der Waals surface area contributed by atoms with Crippen LogP contribution in [0.4, 0.5) is 0 Å². The Morgan fingerprint density at radius 2 is 2.05 bits per heavy atom. The minimum Gasteiger partial charge on any atom is -0.472 e. The van der Waals surface area contributed by atoms with Crippen LogP contribution in [-0.2, 0) is 19.6 Å². The van der Waals surface area contributed by atoms with E-state index < -0.39 is 0 Å². The van der Waals surface area contributed by atoms with Crippen molar-refractivity contribution in [1.82, 2.24) is 10.2 Å². The minimum absolute atomic E-state index is 0.488. The highest BCUT2D eigenvalue weighted by Crippen LogP contribution is 2.12. The first-order valence-electron chi connectivity index (χ1n) is 6.63. The largest absolute Gasteiger partial charge is 0.472 e. The fourth-order valence-electron chi connectivity index (χ4n) is 1.94. The van der Waals surface area contributed by atoms with Gasteiger partial charge in [0.1, 0.15) is 5.76 Å². The maximum Gasteiger partial charge on any atom is 0.118 e. The Morgan fingerprint density at radius 3 is 2.74 bits per heavy atom. The molecule has 4 heteroatoms. The molecule has 2 aromatic rings. The molecule has 2 rings (SSSR count). The van der Waals surface area contributed by atoms with E-state index in [0.717, 1.165) is 25.4 Å². The van der Waals surface area contributed by atoms with E-state index in [2.05, 4.69) is 37.2 Å². The second kappa shape index (κ2) is 6.59. The lowest BCUT2D eigenvalue weighted by Gasteiger charge is -2.13. The lowest BCUT2D eigenvalue weighted by molar-refractivity contribution is 0.287. The second-order valence-electron chi connectivity index (χ2n) is 5.26. The molecular weight excluding hydrogens is 240 g/mol. The summed E-state index contributed by atoms with van der Waals surface area (Å²) in [5.74, 6) is 0.992. The molecule has 0 unspecified atom stereocenters. The minimum atomic E-state index is 0.488. The normalized spacial score (nSPS) is 11.6. The molecule has 0 bridgehead atoms. The van der Waals surface area contributed by atoms with Gasteiger partial charge in [-0.2, -0.15) is 0 Å². The Labute approximate surface area is 114 Å². The zero-order valence-corrected chi connectivity index (χ0v) is 11.8. The van der Waals surface area contributed by atoms with Crippen LogP contribution < -0.4 is 5.32 Å². The second-order valence-corrected chi connectivity index (χ2v) is 5.26. The molecule has 0 saturated heterocycles. The molecular formula is C15H22N2O2. The molecule has 0 saturated carbocycles. The SMILES string of the molecule is CC(C)NCc1coc(CN(C)Cc2ccoc2)c1. The first-order chi connectivity index (χ1) is 9.13. The third-order valence-electron chi connectivity index (χ3n) is 2.88. The van der Waals surface area contributed by atoms with Crippen molar-refractivity contribution >= 4 is 0 Å². The Bertz CT molecular complexity index is 474. The van der Waals surface area contributed by atoms with Crippen LogP contribution in [0.5, 0.6) is 0 Å². The lowest BCUT2D eigenvalue weighted by Crippen LogP contribution is -2.21. The fourth-order valence-corrected chi connectivity index (χ4v) is 1.94. The summed E-state index contributed by atoms with van der Waals surface area (Å²) in [5, 5.41) is 3.38. The van der Waals surface area contributed by atoms with Crippen LogP contribution in [0.3, 0.4) is 0 Å². The molecule has 0 amide bonds. The summed E-state index contributed by atoms with van der Waals surface area (Å²) in [6, 6.07) is 4.58. The molecule has 1 N–H and O–H groups in total. The van der Waals surface area contributed by atoms with Gasteiger partial charge < -0.3 is 14.2 Å². The van der Waals surface area contributed by atoms with Gasteiger partial charge in [-0.05, 0) is 19.2 Å². The summed E-state index contributed by atoms with van der Waals surface area (Å²) >= 11 is 0. The first-order valence-corrected chi connectivity index (χ1v) is 6.63. The van der Waals surface area contributed by atoms with Crippen molar-refractivity contribution < 1.29 is 8.83 Å². The maximum absolute atomic E-state index is 5.58. The van der Waals surface area contributed by atoms with Gasteiger partial charge in [0, 0.05) is 30.3 Å². The Morgan fingerprint density at radius 1 is 1.21 bits per heavy atom. The summed E-state index contributed by atoms with van der Waals surface area (Å²) in [5.41, 5.74) is 2.37. The van der Waals surface area contributed by atoms with Gasteiger partial charge in [0.2, 0.25) is 0 Å². The molecule has 0 aliphatic rings. The lowest BCUT2D eigenvalue weighted by atomic mass is 10.2. The number of hydrogen-bond acceptors (Lipinski definition) is 4. The third kappa shape index (κ3) is 4.58. The third-order valence-corrected chi connectivity index (χ3v) is 2.88. The van der Waals surface area contributed by atoms with E-state index in [0.29, 0.717) is 6.04 Å². The monoisotopic (exact) mass is 262 g/mol. The van der Waals surface area contributed by atoms with Gasteiger partial charge in [-0.15, -0.1) is 0 Å². The van der Waals surface area contributed by atoms with Gasteiger partial charge in [0.05, 0.1) is 25.3 Å². The molecule has 19 heavy (non-hydrogen) atoms. The number of nitrogens with one attached hydrogen (secondary N) is 1. The summed E-state index contributed by atoms with van der Waals surface area (Å²) in [7, 11) is 2.07. The van der Waals surface area contributed by atoms with Crippen LogP contribution >= 0.6 is 0 Å². The van der Waals surface area contributed by atoms with Gasteiger partial charge in [0.15, 0.2) is 0 Å². The average molecular weight is 262 g/mol. The number of hydrogen-bond donors (Lipinski definition) is 1. The van der Waals surface area contributed by atoms with Gasteiger partial charge in [0.25, 0.3) is 0 Å². The standard InChI is InChI=1S/C15H22N2O2/c1-12(2)16-7-14-6-15(19-11-14)9-17(3)8-13-4-5-18-10-13/h4-6,10-12,16H,7-9H2,1-3H3. The van der Waals surface area contributed by atoms with E-state index in [-0.39, 0.29) is 0 Å². The molecule has 0 aromatic carbocycles. The van der Waals surface area contributed by atoms with Crippen LogP contribution in [0.25, 0.3) is 0 Å². The predicted molar refractivity (Wildman–Crippen MR) is 74.6 cm³/mol. The molecule has 0 aliphatic heterocycles. The maximum atomic E-state index is 5.58. The van der Waals surface area contributed by atoms with Crippen molar-refractivity contribution in [3.05, 3.63) is 47.8 Å². The molecule has 0 aliphatic carbocycles. The van der Waals surface area contributed by atoms with Crippen LogP contribution in [0.15, 0.2) is 39.8 Å². The van der Waals surface area contributed by atoms with Crippen LogP contribution in [0, 0.1) is 0 Å². The molecule has 4 nitrogen and oxygen atoms in total. The van der Waals surface area contributed by atoms with Crippen LogP contribution in [-0.4, -0.2) is 18.0 Å². The van der Waals surface area contributed by atoms with Crippen molar-refractivity contribution in [2.24, 2.45) is 0 Å². The van der Waals surface area contributed by atoms with E-state index in [9.17, 15) is 0 Å². The molecule has 0 radical (unpaired) electrons. The summed E-state index contributed by atoms with van der Waals surface area (Å²) in [4.78, 5) is 2.20. The van der Waals surface area contributed by atoms with Crippen molar-refractivity contribution in [2.75, 3.05) is 7.05 Å². The molecule has 2 heterocycles. The summed E-state index contributed by atoms with van der Waals surface area (Å²) < 4.78 is 10.6. The fraction of sp³-hybridized carbons (Fsp3) is 0.467. The molecule has 104 valence electrons. The zero-order chi connectivity index (χ0) is 13.7. The first kappa shape index (κ1) is 13.9. The molecule has 0 atom stereocenters. The molecule has 0 fully saturated rings. The van der Waals surface area contributed by atoms with Crippen LogP contribution in [0.2, 0.25) is 0 Å². The van der Waals surface area contributed by atoms with Crippen LogP contribution in [0.1, 0.15) is 30.7 Å². The highest BCUT2D eigenvalue weighted by Gasteiger charge is 2.07. The zero-order valence-electron chi connectivity index (χ0n) is 11.8.